The first kappa shape index (κ1) is 15.0. The number of hydrogen-bond acceptors (Lipinski definition) is 2. The molecule has 2 aromatic rings. The zero-order valence-corrected chi connectivity index (χ0v) is 12.6. The van der Waals surface area contributed by atoms with E-state index in [0.29, 0.717) is 6.54 Å². The van der Waals surface area contributed by atoms with Gasteiger partial charge in [0.15, 0.2) is 0 Å². The largest absolute Gasteiger partial charge is 0.329 e. The molecule has 0 aromatic heterocycles. The minimum absolute atomic E-state index is 0.238. The monoisotopic (exact) mass is 270 g/mol. The van der Waals surface area contributed by atoms with E-state index in [2.05, 4.69) is 61.6 Å². The van der Waals surface area contributed by atoms with Crippen LogP contribution in [0.25, 0.3) is 10.8 Å². The van der Waals surface area contributed by atoms with Crippen molar-refractivity contribution in [1.82, 2.24) is 5.32 Å². The van der Waals surface area contributed by atoms with Gasteiger partial charge in [0.05, 0.1) is 0 Å². The van der Waals surface area contributed by atoms with E-state index in [4.69, 9.17) is 5.73 Å². The molecule has 0 amide bonds. The Morgan fingerprint density at radius 2 is 1.70 bits per heavy atom. The Hall–Kier alpha value is -1.38. The van der Waals surface area contributed by atoms with Crippen molar-refractivity contribution in [3.63, 3.8) is 0 Å². The van der Waals surface area contributed by atoms with Gasteiger partial charge in [0.1, 0.15) is 0 Å². The summed E-state index contributed by atoms with van der Waals surface area (Å²) in [4.78, 5) is 0. The second-order valence-corrected chi connectivity index (χ2v) is 5.45. The lowest BCUT2D eigenvalue weighted by Gasteiger charge is -2.22. The molecule has 0 aliphatic heterocycles. The lowest BCUT2D eigenvalue weighted by atomic mass is 9.97. The molecular formula is C18H26N2. The first-order valence-electron chi connectivity index (χ1n) is 7.71. The number of hydrogen-bond donors (Lipinski definition) is 2. The summed E-state index contributed by atoms with van der Waals surface area (Å²) in [6.07, 6.45) is 2.44. The van der Waals surface area contributed by atoms with Crippen LogP contribution in [0.1, 0.15) is 38.3 Å². The zero-order chi connectivity index (χ0) is 14.4. The van der Waals surface area contributed by atoms with Crippen LogP contribution in [0.2, 0.25) is 0 Å². The van der Waals surface area contributed by atoms with Crippen LogP contribution in [0.3, 0.4) is 0 Å². The molecule has 0 heterocycles. The SMILES string of the molecule is CCC(CC)CNC(CN)c1cccc2ccccc12. The van der Waals surface area contributed by atoms with Gasteiger partial charge in [0, 0.05) is 12.6 Å². The lowest BCUT2D eigenvalue weighted by molar-refractivity contribution is 0.415. The molecule has 0 saturated heterocycles. The van der Waals surface area contributed by atoms with Gasteiger partial charge >= 0.3 is 0 Å². The van der Waals surface area contributed by atoms with Crippen LogP contribution in [0.4, 0.5) is 0 Å². The van der Waals surface area contributed by atoms with E-state index < -0.39 is 0 Å². The van der Waals surface area contributed by atoms with E-state index in [9.17, 15) is 0 Å². The molecule has 1 unspecified atom stereocenters. The van der Waals surface area contributed by atoms with Crippen LogP contribution in [0.15, 0.2) is 42.5 Å². The summed E-state index contributed by atoms with van der Waals surface area (Å²) in [5, 5.41) is 6.25. The Morgan fingerprint density at radius 3 is 2.40 bits per heavy atom. The van der Waals surface area contributed by atoms with Crippen molar-refractivity contribution in [3.8, 4) is 0 Å². The fraction of sp³-hybridized carbons (Fsp3) is 0.444. The highest BCUT2D eigenvalue weighted by molar-refractivity contribution is 5.86. The van der Waals surface area contributed by atoms with Gasteiger partial charge in [-0.2, -0.15) is 0 Å². The van der Waals surface area contributed by atoms with Crippen molar-refractivity contribution >= 4 is 10.8 Å². The Labute approximate surface area is 122 Å². The topological polar surface area (TPSA) is 38.0 Å². The van der Waals surface area contributed by atoms with E-state index in [0.717, 1.165) is 12.5 Å². The third-order valence-electron chi connectivity index (χ3n) is 4.24. The number of rotatable bonds is 7. The molecule has 3 N–H and O–H groups in total. The molecule has 2 heteroatoms. The number of benzene rings is 2. The molecule has 0 aliphatic carbocycles. The average Bonchev–Trinajstić information content (AvgIpc) is 2.51. The van der Waals surface area contributed by atoms with Gasteiger partial charge in [-0.3, -0.25) is 0 Å². The zero-order valence-electron chi connectivity index (χ0n) is 12.6. The highest BCUT2D eigenvalue weighted by Crippen LogP contribution is 2.24. The van der Waals surface area contributed by atoms with Crippen molar-refractivity contribution in [3.05, 3.63) is 48.0 Å². The minimum atomic E-state index is 0.238. The van der Waals surface area contributed by atoms with Crippen LogP contribution < -0.4 is 11.1 Å². The molecule has 2 aromatic carbocycles. The molecule has 0 fully saturated rings. The van der Waals surface area contributed by atoms with Gasteiger partial charge in [0.25, 0.3) is 0 Å². The van der Waals surface area contributed by atoms with Crippen LogP contribution in [-0.4, -0.2) is 13.1 Å². The maximum absolute atomic E-state index is 6.00. The fourth-order valence-electron chi connectivity index (χ4n) is 2.76. The molecular weight excluding hydrogens is 244 g/mol. The highest BCUT2D eigenvalue weighted by Gasteiger charge is 2.13. The molecule has 2 rings (SSSR count). The van der Waals surface area contributed by atoms with E-state index >= 15 is 0 Å². The predicted octanol–water partition coefficient (Wildman–Crippen LogP) is 3.87. The van der Waals surface area contributed by atoms with Crippen molar-refractivity contribution in [2.45, 2.75) is 32.7 Å². The van der Waals surface area contributed by atoms with Gasteiger partial charge < -0.3 is 11.1 Å². The molecule has 0 saturated carbocycles. The van der Waals surface area contributed by atoms with E-state index in [1.54, 1.807) is 0 Å². The summed E-state index contributed by atoms with van der Waals surface area (Å²) < 4.78 is 0. The van der Waals surface area contributed by atoms with Crippen molar-refractivity contribution in [2.75, 3.05) is 13.1 Å². The van der Waals surface area contributed by atoms with Gasteiger partial charge in [-0.05, 0) is 28.8 Å². The highest BCUT2D eigenvalue weighted by atomic mass is 14.9. The summed E-state index contributed by atoms with van der Waals surface area (Å²) in [5.41, 5.74) is 7.32. The quantitative estimate of drug-likeness (QED) is 0.801. The van der Waals surface area contributed by atoms with Crippen LogP contribution in [-0.2, 0) is 0 Å². The number of nitrogens with one attached hydrogen (secondary N) is 1. The van der Waals surface area contributed by atoms with Gasteiger partial charge in [-0.25, -0.2) is 0 Å². The maximum Gasteiger partial charge on any atom is 0.0450 e. The average molecular weight is 270 g/mol. The third kappa shape index (κ3) is 3.38. The summed E-state index contributed by atoms with van der Waals surface area (Å²) in [6.45, 7) is 6.18. The van der Waals surface area contributed by atoms with Crippen molar-refractivity contribution in [2.24, 2.45) is 11.7 Å². The summed E-state index contributed by atoms with van der Waals surface area (Å²) in [6, 6.07) is 15.2. The van der Waals surface area contributed by atoms with E-state index in [1.807, 2.05) is 0 Å². The Balaban J connectivity index is 2.21. The Kier molecular flexibility index (Phi) is 5.57. The number of fused-ring (bicyclic) bond motifs is 1. The number of nitrogens with two attached hydrogens (primary N) is 1. The standard InChI is InChI=1S/C18H26N2/c1-3-14(4-2)13-20-18(12-19)17-11-7-9-15-8-5-6-10-16(15)17/h5-11,14,18,20H,3-4,12-13,19H2,1-2H3. The minimum Gasteiger partial charge on any atom is -0.329 e. The smallest absolute Gasteiger partial charge is 0.0450 e. The van der Waals surface area contributed by atoms with Gasteiger partial charge in [0.2, 0.25) is 0 Å². The summed E-state index contributed by atoms with van der Waals surface area (Å²) in [5.74, 6) is 0.735. The van der Waals surface area contributed by atoms with Gasteiger partial charge in [-0.1, -0.05) is 69.2 Å². The Morgan fingerprint density at radius 1 is 1.00 bits per heavy atom. The molecule has 108 valence electrons. The first-order chi connectivity index (χ1) is 9.80. The molecule has 2 nitrogen and oxygen atoms in total. The van der Waals surface area contributed by atoms with Crippen molar-refractivity contribution < 1.29 is 0 Å². The third-order valence-corrected chi connectivity index (χ3v) is 4.24. The molecule has 0 bridgehead atoms. The Bertz CT molecular complexity index is 526. The van der Waals surface area contributed by atoms with Crippen LogP contribution in [0.5, 0.6) is 0 Å². The first-order valence-corrected chi connectivity index (χ1v) is 7.71. The molecule has 0 spiro atoms. The molecule has 0 aliphatic rings. The molecule has 1 atom stereocenters. The normalized spacial score (nSPS) is 13.0. The van der Waals surface area contributed by atoms with Crippen LogP contribution >= 0.6 is 0 Å². The summed E-state index contributed by atoms with van der Waals surface area (Å²) in [7, 11) is 0. The fourth-order valence-corrected chi connectivity index (χ4v) is 2.76. The van der Waals surface area contributed by atoms with Crippen molar-refractivity contribution in [1.29, 1.82) is 0 Å². The van der Waals surface area contributed by atoms with Gasteiger partial charge in [-0.15, -0.1) is 0 Å². The molecule has 0 radical (unpaired) electrons. The second kappa shape index (κ2) is 7.41. The van der Waals surface area contributed by atoms with E-state index in [-0.39, 0.29) is 6.04 Å². The maximum atomic E-state index is 6.00. The predicted molar refractivity (Wildman–Crippen MR) is 87.8 cm³/mol. The lowest BCUT2D eigenvalue weighted by Crippen LogP contribution is -2.32. The molecule has 20 heavy (non-hydrogen) atoms. The second-order valence-electron chi connectivity index (χ2n) is 5.45. The van der Waals surface area contributed by atoms with E-state index in [1.165, 1.54) is 29.2 Å². The van der Waals surface area contributed by atoms with Crippen LogP contribution in [0, 0.1) is 5.92 Å². The summed E-state index contributed by atoms with van der Waals surface area (Å²) >= 11 is 0.